The van der Waals surface area contributed by atoms with Gasteiger partial charge in [0, 0.05) is 12.2 Å². The van der Waals surface area contributed by atoms with Crippen LogP contribution in [-0.4, -0.2) is 57.8 Å². The van der Waals surface area contributed by atoms with Crippen LogP contribution in [0.4, 0.5) is 10.5 Å². The Bertz CT molecular complexity index is 1090. The molecule has 0 aliphatic rings. The number of nitrogens with one attached hydrogen (secondary N) is 2. The van der Waals surface area contributed by atoms with Crippen LogP contribution in [0.5, 0.6) is 5.75 Å². The summed E-state index contributed by atoms with van der Waals surface area (Å²) in [5.74, 6) is -1.18. The van der Waals surface area contributed by atoms with Gasteiger partial charge in [-0.05, 0) is 69.9 Å². The Labute approximate surface area is 225 Å². The van der Waals surface area contributed by atoms with Gasteiger partial charge in [-0.1, -0.05) is 50.1 Å². The normalized spacial score (nSPS) is 12.8. The molecule has 4 N–H and O–H groups in total. The number of hydrogen-bond acceptors (Lipinski definition) is 6. The average Bonchev–Trinajstić information content (AvgIpc) is 2.83. The number of phenolic OH excluding ortho intramolecular Hbond substituents is 1. The second kappa shape index (κ2) is 13.8. The molecule has 0 saturated carbocycles. The van der Waals surface area contributed by atoms with Gasteiger partial charge in [0.25, 0.3) is 5.91 Å². The van der Waals surface area contributed by atoms with Crippen molar-refractivity contribution in [3.05, 3.63) is 59.2 Å². The zero-order valence-electron chi connectivity index (χ0n) is 23.2. The fourth-order valence-corrected chi connectivity index (χ4v) is 4.11. The van der Waals surface area contributed by atoms with Gasteiger partial charge in [-0.25, -0.2) is 4.79 Å². The van der Waals surface area contributed by atoms with Crippen molar-refractivity contribution in [3.8, 4) is 5.75 Å². The molecule has 2 atom stereocenters. The van der Waals surface area contributed by atoms with E-state index in [1.54, 1.807) is 32.9 Å². The van der Waals surface area contributed by atoms with Gasteiger partial charge >= 0.3 is 6.09 Å². The van der Waals surface area contributed by atoms with Gasteiger partial charge in [-0.3, -0.25) is 9.59 Å². The van der Waals surface area contributed by atoms with E-state index in [1.807, 2.05) is 39.0 Å². The standard InChI is InChI=1S/C29H41N3O6/c1-7-8-9-16-32(27(36)23(18-33)30-28(37)38-29(4,5)6)25(21-14-11-15-22(34)17-21)26(35)31-24-19(2)12-10-13-20(24)3/h10-15,17,23,25,33-34H,7-9,16,18H2,1-6H3,(H,30,37)(H,31,35). The Hall–Kier alpha value is -3.59. The molecule has 0 aliphatic heterocycles. The van der Waals surface area contributed by atoms with E-state index in [2.05, 4.69) is 10.6 Å². The molecular weight excluding hydrogens is 486 g/mol. The van der Waals surface area contributed by atoms with E-state index in [0.29, 0.717) is 17.7 Å². The largest absolute Gasteiger partial charge is 0.508 e. The monoisotopic (exact) mass is 527 g/mol. The van der Waals surface area contributed by atoms with Crippen LogP contribution in [0.1, 0.15) is 69.7 Å². The number of hydrogen-bond donors (Lipinski definition) is 4. The van der Waals surface area contributed by atoms with Gasteiger partial charge < -0.3 is 30.5 Å². The molecule has 0 bridgehead atoms. The molecule has 0 aliphatic carbocycles. The number of unbranched alkanes of at least 4 members (excludes halogenated alkanes) is 2. The number of phenols is 1. The maximum atomic E-state index is 13.9. The second-order valence-electron chi connectivity index (χ2n) is 10.4. The molecule has 0 fully saturated rings. The Morgan fingerprint density at radius 2 is 1.66 bits per heavy atom. The van der Waals surface area contributed by atoms with Gasteiger partial charge in [0.1, 0.15) is 23.4 Å². The molecule has 3 amide bonds. The van der Waals surface area contributed by atoms with Crippen molar-refractivity contribution in [3.63, 3.8) is 0 Å². The number of alkyl carbamates (subject to hydrolysis) is 1. The summed E-state index contributed by atoms with van der Waals surface area (Å²) in [5, 5.41) is 25.6. The van der Waals surface area contributed by atoms with Crippen LogP contribution in [0, 0.1) is 13.8 Å². The van der Waals surface area contributed by atoms with Crippen molar-refractivity contribution in [1.29, 1.82) is 0 Å². The lowest BCUT2D eigenvalue weighted by Crippen LogP contribution is -2.54. The number of nitrogens with zero attached hydrogens (tertiary/aromatic N) is 1. The van der Waals surface area contributed by atoms with Crippen LogP contribution < -0.4 is 10.6 Å². The molecular formula is C29H41N3O6. The molecule has 2 unspecified atom stereocenters. The molecule has 0 aromatic heterocycles. The number of aromatic hydroxyl groups is 1. The highest BCUT2D eigenvalue weighted by Crippen LogP contribution is 2.29. The molecule has 2 rings (SSSR count). The first-order valence-electron chi connectivity index (χ1n) is 12.9. The number of amides is 3. The maximum absolute atomic E-state index is 13.9. The van der Waals surface area contributed by atoms with E-state index in [1.165, 1.54) is 17.0 Å². The zero-order valence-corrected chi connectivity index (χ0v) is 23.2. The lowest BCUT2D eigenvalue weighted by molar-refractivity contribution is -0.141. The molecule has 208 valence electrons. The summed E-state index contributed by atoms with van der Waals surface area (Å²) in [5.41, 5.74) is 1.94. The van der Waals surface area contributed by atoms with E-state index >= 15 is 0 Å². The minimum absolute atomic E-state index is 0.0566. The van der Waals surface area contributed by atoms with Crippen molar-refractivity contribution < 1.29 is 29.3 Å². The van der Waals surface area contributed by atoms with Crippen LogP contribution in [0.15, 0.2) is 42.5 Å². The third kappa shape index (κ3) is 8.76. The van der Waals surface area contributed by atoms with Crippen molar-refractivity contribution in [2.24, 2.45) is 0 Å². The lowest BCUT2D eigenvalue weighted by Gasteiger charge is -2.34. The third-order valence-electron chi connectivity index (χ3n) is 5.93. The van der Waals surface area contributed by atoms with Crippen LogP contribution in [0.2, 0.25) is 0 Å². The average molecular weight is 528 g/mol. The van der Waals surface area contributed by atoms with E-state index in [4.69, 9.17) is 4.74 Å². The van der Waals surface area contributed by atoms with Crippen LogP contribution >= 0.6 is 0 Å². The topological polar surface area (TPSA) is 128 Å². The molecule has 0 spiro atoms. The van der Waals surface area contributed by atoms with E-state index in [0.717, 1.165) is 24.0 Å². The van der Waals surface area contributed by atoms with E-state index in [-0.39, 0.29) is 12.3 Å². The number of rotatable bonds is 11. The summed E-state index contributed by atoms with van der Waals surface area (Å²) in [7, 11) is 0. The maximum Gasteiger partial charge on any atom is 0.408 e. The van der Waals surface area contributed by atoms with Gasteiger partial charge in [0.15, 0.2) is 0 Å². The summed E-state index contributed by atoms with van der Waals surface area (Å²) in [6.07, 6.45) is 1.43. The fourth-order valence-electron chi connectivity index (χ4n) is 4.11. The number of aryl methyl sites for hydroxylation is 2. The number of para-hydroxylation sites is 1. The summed E-state index contributed by atoms with van der Waals surface area (Å²) < 4.78 is 5.27. The molecule has 9 heteroatoms. The van der Waals surface area contributed by atoms with Crippen LogP contribution in [-0.2, 0) is 14.3 Å². The number of aliphatic hydroxyl groups excluding tert-OH is 1. The highest BCUT2D eigenvalue weighted by molar-refractivity contribution is 6.00. The van der Waals surface area contributed by atoms with E-state index in [9.17, 15) is 24.6 Å². The minimum Gasteiger partial charge on any atom is -0.508 e. The number of ether oxygens (including phenoxy) is 1. The first-order chi connectivity index (χ1) is 17.9. The number of aliphatic hydroxyl groups is 1. The Kier molecular flexibility index (Phi) is 11.1. The fraction of sp³-hybridized carbons (Fsp3) is 0.483. The summed E-state index contributed by atoms with van der Waals surface area (Å²) in [6, 6.07) is 9.34. The zero-order chi connectivity index (χ0) is 28.5. The Balaban J connectivity index is 2.52. The molecule has 0 radical (unpaired) electrons. The highest BCUT2D eigenvalue weighted by atomic mass is 16.6. The smallest absolute Gasteiger partial charge is 0.408 e. The van der Waals surface area contributed by atoms with Crippen molar-refractivity contribution in [2.45, 2.75) is 78.5 Å². The van der Waals surface area contributed by atoms with Gasteiger partial charge in [-0.2, -0.15) is 0 Å². The molecule has 0 heterocycles. The number of anilines is 1. The predicted octanol–water partition coefficient (Wildman–Crippen LogP) is 4.59. The second-order valence-corrected chi connectivity index (χ2v) is 10.4. The molecule has 2 aromatic carbocycles. The van der Waals surface area contributed by atoms with Gasteiger partial charge in [-0.15, -0.1) is 0 Å². The first-order valence-corrected chi connectivity index (χ1v) is 12.9. The van der Waals surface area contributed by atoms with Gasteiger partial charge in [0.05, 0.1) is 6.61 Å². The Morgan fingerprint density at radius 3 is 2.21 bits per heavy atom. The minimum atomic E-state index is -1.33. The predicted molar refractivity (Wildman–Crippen MR) is 147 cm³/mol. The number of benzene rings is 2. The molecule has 0 saturated heterocycles. The molecule has 9 nitrogen and oxygen atoms in total. The van der Waals surface area contributed by atoms with Crippen molar-refractivity contribution >= 4 is 23.6 Å². The molecule has 38 heavy (non-hydrogen) atoms. The quantitative estimate of drug-likeness (QED) is 0.316. The van der Waals surface area contributed by atoms with Crippen molar-refractivity contribution in [2.75, 3.05) is 18.5 Å². The van der Waals surface area contributed by atoms with Crippen LogP contribution in [0.25, 0.3) is 0 Å². The lowest BCUT2D eigenvalue weighted by atomic mass is 10.0. The van der Waals surface area contributed by atoms with E-state index < -0.39 is 42.2 Å². The summed E-state index contributed by atoms with van der Waals surface area (Å²) in [6.45, 7) is 10.4. The van der Waals surface area contributed by atoms with Crippen LogP contribution in [0.3, 0.4) is 0 Å². The molecule has 2 aromatic rings. The highest BCUT2D eigenvalue weighted by Gasteiger charge is 2.36. The summed E-state index contributed by atoms with van der Waals surface area (Å²) in [4.78, 5) is 41.5. The number of carbonyl (C=O) groups excluding carboxylic acids is 3. The summed E-state index contributed by atoms with van der Waals surface area (Å²) >= 11 is 0. The third-order valence-corrected chi connectivity index (χ3v) is 5.93. The number of carbonyl (C=O) groups is 3. The Morgan fingerprint density at radius 1 is 1.03 bits per heavy atom. The SMILES string of the molecule is CCCCCN(C(=O)C(CO)NC(=O)OC(C)(C)C)C(C(=O)Nc1c(C)cccc1C)c1cccc(O)c1. The van der Waals surface area contributed by atoms with Crippen molar-refractivity contribution in [1.82, 2.24) is 10.2 Å². The van der Waals surface area contributed by atoms with Gasteiger partial charge in [0.2, 0.25) is 5.91 Å². The first kappa shape index (κ1) is 30.6.